The second-order valence-electron chi connectivity index (χ2n) is 4.17. The Morgan fingerprint density at radius 1 is 1.21 bits per heavy atom. The number of nitrogens with one attached hydrogen (secondary N) is 1. The first-order valence-corrected chi connectivity index (χ1v) is 6.39. The van der Waals surface area contributed by atoms with Crippen molar-refractivity contribution in [3.8, 4) is 5.75 Å². The van der Waals surface area contributed by atoms with Gasteiger partial charge in [-0.25, -0.2) is 0 Å². The van der Waals surface area contributed by atoms with Crippen molar-refractivity contribution in [3.63, 3.8) is 0 Å². The Morgan fingerprint density at radius 3 is 2.63 bits per heavy atom. The summed E-state index contributed by atoms with van der Waals surface area (Å²) in [5, 5.41) is 3.94. The van der Waals surface area contributed by atoms with Crippen molar-refractivity contribution < 1.29 is 4.74 Å². The van der Waals surface area contributed by atoms with Crippen LogP contribution in [-0.2, 0) is 0 Å². The Balaban J connectivity index is 2.05. The number of hydrogen-bond donors (Lipinski definition) is 1. The minimum absolute atomic E-state index is 0.636. The summed E-state index contributed by atoms with van der Waals surface area (Å²) in [6.07, 6.45) is 0. The lowest BCUT2D eigenvalue weighted by molar-refractivity contribution is 0.415. The number of hydrogen-bond acceptors (Lipinski definition) is 2. The monoisotopic (exact) mass is 273 g/mol. The normalized spacial score (nSPS) is 10.0. The van der Waals surface area contributed by atoms with Crippen molar-refractivity contribution in [2.75, 3.05) is 19.0 Å². The Morgan fingerprint density at radius 2 is 1.95 bits per heavy atom. The van der Waals surface area contributed by atoms with E-state index in [1.54, 1.807) is 7.11 Å². The molecule has 0 fully saturated rings. The first-order chi connectivity index (χ1) is 9.20. The molecule has 0 aliphatic rings. The van der Waals surface area contributed by atoms with Gasteiger partial charge in [0.15, 0.2) is 0 Å². The van der Waals surface area contributed by atoms with E-state index in [2.05, 4.69) is 11.9 Å². The summed E-state index contributed by atoms with van der Waals surface area (Å²) in [6.45, 7) is 4.71. The van der Waals surface area contributed by atoms with Gasteiger partial charge in [0.2, 0.25) is 0 Å². The van der Waals surface area contributed by atoms with Gasteiger partial charge >= 0.3 is 0 Å². The van der Waals surface area contributed by atoms with Gasteiger partial charge in [-0.15, -0.1) is 0 Å². The average molecular weight is 274 g/mol. The van der Waals surface area contributed by atoms with Crippen LogP contribution in [0.15, 0.2) is 55.1 Å². The Labute approximate surface area is 118 Å². The van der Waals surface area contributed by atoms with Crippen LogP contribution >= 0.6 is 11.6 Å². The molecule has 0 amide bonds. The first-order valence-electron chi connectivity index (χ1n) is 6.01. The molecule has 2 rings (SSSR count). The van der Waals surface area contributed by atoms with Crippen LogP contribution in [0.5, 0.6) is 5.75 Å². The molecule has 0 saturated heterocycles. The molecule has 0 saturated carbocycles. The van der Waals surface area contributed by atoms with E-state index in [0.29, 0.717) is 11.6 Å². The average Bonchev–Trinajstić information content (AvgIpc) is 2.47. The van der Waals surface area contributed by atoms with Crippen molar-refractivity contribution in [2.24, 2.45) is 0 Å². The highest BCUT2D eigenvalue weighted by molar-refractivity contribution is 6.33. The lowest BCUT2D eigenvalue weighted by Gasteiger charge is -2.12. The highest BCUT2D eigenvalue weighted by Crippen LogP contribution is 2.27. The van der Waals surface area contributed by atoms with E-state index < -0.39 is 0 Å². The van der Waals surface area contributed by atoms with E-state index in [1.807, 2.05) is 48.5 Å². The van der Waals surface area contributed by atoms with Crippen LogP contribution in [0.25, 0.3) is 5.57 Å². The number of anilines is 1. The molecule has 0 atom stereocenters. The van der Waals surface area contributed by atoms with Crippen molar-refractivity contribution >= 4 is 22.9 Å². The third-order valence-electron chi connectivity index (χ3n) is 2.85. The van der Waals surface area contributed by atoms with Gasteiger partial charge in [0, 0.05) is 12.6 Å². The zero-order chi connectivity index (χ0) is 13.7. The predicted octanol–water partition coefficient (Wildman–Crippen LogP) is 4.47. The first kappa shape index (κ1) is 13.5. The molecule has 2 aromatic carbocycles. The van der Waals surface area contributed by atoms with Crippen LogP contribution in [0.4, 0.5) is 5.69 Å². The summed E-state index contributed by atoms with van der Waals surface area (Å²) in [4.78, 5) is 0. The van der Waals surface area contributed by atoms with E-state index in [0.717, 1.165) is 22.6 Å². The molecular weight excluding hydrogens is 258 g/mol. The van der Waals surface area contributed by atoms with Crippen molar-refractivity contribution in [1.29, 1.82) is 0 Å². The minimum Gasteiger partial charge on any atom is -0.497 e. The van der Waals surface area contributed by atoms with Crippen molar-refractivity contribution in [3.05, 3.63) is 65.7 Å². The number of benzene rings is 2. The third kappa shape index (κ3) is 3.52. The molecule has 2 aromatic rings. The molecule has 0 bridgehead atoms. The van der Waals surface area contributed by atoms with E-state index in [9.17, 15) is 0 Å². The molecule has 0 unspecified atom stereocenters. The number of methoxy groups -OCH3 is 1. The fraction of sp³-hybridized carbons (Fsp3) is 0.125. The van der Waals surface area contributed by atoms with E-state index in [4.69, 9.17) is 16.3 Å². The zero-order valence-electron chi connectivity index (χ0n) is 10.8. The Hall–Kier alpha value is -1.93. The van der Waals surface area contributed by atoms with Gasteiger partial charge in [-0.1, -0.05) is 48.5 Å². The number of rotatable bonds is 5. The van der Waals surface area contributed by atoms with Crippen LogP contribution in [-0.4, -0.2) is 13.7 Å². The fourth-order valence-electron chi connectivity index (χ4n) is 1.74. The SMILES string of the molecule is C=C(CNc1cc(OC)ccc1Cl)c1ccccc1. The molecule has 0 aromatic heterocycles. The van der Waals surface area contributed by atoms with Crippen LogP contribution in [0.2, 0.25) is 5.02 Å². The zero-order valence-corrected chi connectivity index (χ0v) is 11.6. The van der Waals surface area contributed by atoms with Gasteiger partial charge in [0.1, 0.15) is 5.75 Å². The molecule has 98 valence electrons. The van der Waals surface area contributed by atoms with Gasteiger partial charge in [-0.2, -0.15) is 0 Å². The van der Waals surface area contributed by atoms with E-state index >= 15 is 0 Å². The smallest absolute Gasteiger partial charge is 0.121 e. The molecule has 0 aliphatic heterocycles. The second kappa shape index (κ2) is 6.30. The maximum atomic E-state index is 6.13. The quantitative estimate of drug-likeness (QED) is 0.868. The lowest BCUT2D eigenvalue weighted by atomic mass is 10.1. The third-order valence-corrected chi connectivity index (χ3v) is 3.18. The maximum absolute atomic E-state index is 6.13. The largest absolute Gasteiger partial charge is 0.497 e. The Kier molecular flexibility index (Phi) is 4.48. The lowest BCUT2D eigenvalue weighted by Crippen LogP contribution is -2.04. The number of halogens is 1. The van der Waals surface area contributed by atoms with Gasteiger partial charge in [-0.05, 0) is 23.3 Å². The molecule has 1 N–H and O–H groups in total. The highest BCUT2D eigenvalue weighted by Gasteiger charge is 2.03. The molecular formula is C16H16ClNO. The summed E-state index contributed by atoms with van der Waals surface area (Å²) < 4.78 is 5.18. The maximum Gasteiger partial charge on any atom is 0.121 e. The van der Waals surface area contributed by atoms with Gasteiger partial charge < -0.3 is 10.1 Å². The Bertz CT molecular complexity index is 566. The molecule has 19 heavy (non-hydrogen) atoms. The second-order valence-corrected chi connectivity index (χ2v) is 4.58. The predicted molar refractivity (Wildman–Crippen MR) is 82.0 cm³/mol. The topological polar surface area (TPSA) is 21.3 Å². The minimum atomic E-state index is 0.636. The van der Waals surface area contributed by atoms with Crippen LogP contribution in [0, 0.1) is 0 Å². The molecule has 3 heteroatoms. The van der Waals surface area contributed by atoms with E-state index in [1.165, 1.54) is 0 Å². The van der Waals surface area contributed by atoms with Gasteiger partial charge in [0.05, 0.1) is 17.8 Å². The van der Waals surface area contributed by atoms with Crippen LogP contribution < -0.4 is 10.1 Å². The van der Waals surface area contributed by atoms with Crippen molar-refractivity contribution in [2.45, 2.75) is 0 Å². The van der Waals surface area contributed by atoms with Gasteiger partial charge in [0.25, 0.3) is 0 Å². The summed E-state index contributed by atoms with van der Waals surface area (Å²) in [5.74, 6) is 0.775. The molecule has 0 heterocycles. The van der Waals surface area contributed by atoms with E-state index in [-0.39, 0.29) is 0 Å². The summed E-state index contributed by atoms with van der Waals surface area (Å²) in [7, 11) is 1.63. The van der Waals surface area contributed by atoms with Crippen molar-refractivity contribution in [1.82, 2.24) is 0 Å². The fourth-order valence-corrected chi connectivity index (χ4v) is 1.93. The summed E-state index contributed by atoms with van der Waals surface area (Å²) >= 11 is 6.13. The molecule has 0 aliphatic carbocycles. The van der Waals surface area contributed by atoms with Crippen LogP contribution in [0.1, 0.15) is 5.56 Å². The molecule has 0 radical (unpaired) electrons. The van der Waals surface area contributed by atoms with Crippen LogP contribution in [0.3, 0.4) is 0 Å². The summed E-state index contributed by atoms with van der Waals surface area (Å²) in [6, 6.07) is 15.6. The summed E-state index contributed by atoms with van der Waals surface area (Å²) in [5.41, 5.74) is 2.98. The highest BCUT2D eigenvalue weighted by atomic mass is 35.5. The standard InChI is InChI=1S/C16H16ClNO/c1-12(13-6-4-3-5-7-13)11-18-16-10-14(19-2)8-9-15(16)17/h3-10,18H,1,11H2,2H3. The van der Waals surface area contributed by atoms with Gasteiger partial charge in [-0.3, -0.25) is 0 Å². The molecule has 2 nitrogen and oxygen atoms in total. The molecule has 0 spiro atoms. The number of ether oxygens (including phenoxy) is 1.